The number of nitrogens with one attached hydrogen (secondary N) is 1. The van der Waals surface area contributed by atoms with Crippen LogP contribution in [0.15, 0.2) is 30.3 Å². The van der Waals surface area contributed by atoms with Crippen molar-refractivity contribution in [3.05, 3.63) is 51.0 Å². The van der Waals surface area contributed by atoms with E-state index in [1.165, 1.54) is 6.07 Å². The van der Waals surface area contributed by atoms with E-state index in [1.54, 1.807) is 12.1 Å². The number of carbonyl (C=O) groups is 1. The fourth-order valence-electron chi connectivity index (χ4n) is 4.26. The summed E-state index contributed by atoms with van der Waals surface area (Å²) in [5.74, 6) is 1.27. The minimum absolute atomic E-state index is 0.00899. The van der Waals surface area contributed by atoms with E-state index >= 15 is 0 Å². The first-order chi connectivity index (χ1) is 15.8. The number of hydrogen-bond donors (Lipinski definition) is 1. The number of benzene rings is 2. The molecule has 0 bridgehead atoms. The van der Waals surface area contributed by atoms with Crippen molar-refractivity contribution in [2.75, 3.05) is 49.5 Å². The Kier molecular flexibility index (Phi) is 6.90. The van der Waals surface area contributed by atoms with Crippen LogP contribution in [0.5, 0.6) is 11.5 Å². The van der Waals surface area contributed by atoms with E-state index in [0.29, 0.717) is 54.9 Å². The lowest BCUT2D eigenvalue weighted by atomic mass is 10.1. The number of amides is 1. The zero-order valence-corrected chi connectivity index (χ0v) is 19.4. The molecule has 2 aromatic carbocycles. The highest BCUT2D eigenvalue weighted by molar-refractivity contribution is 6.30. The lowest BCUT2D eigenvalue weighted by Crippen LogP contribution is -2.48. The molecule has 1 amide bonds. The van der Waals surface area contributed by atoms with Gasteiger partial charge in [0, 0.05) is 55.3 Å². The Morgan fingerprint density at radius 3 is 2.73 bits per heavy atom. The van der Waals surface area contributed by atoms with Crippen LogP contribution in [0, 0.1) is 10.1 Å². The zero-order chi connectivity index (χ0) is 23.5. The van der Waals surface area contributed by atoms with Crippen molar-refractivity contribution in [2.24, 2.45) is 0 Å². The summed E-state index contributed by atoms with van der Waals surface area (Å²) in [6.07, 6.45) is 0.924. The molecule has 10 heteroatoms. The molecule has 9 nitrogen and oxygen atoms in total. The van der Waals surface area contributed by atoms with Gasteiger partial charge in [-0.3, -0.25) is 19.8 Å². The molecule has 0 spiro atoms. The number of carbonyl (C=O) groups excluding carboxylic acids is 1. The monoisotopic (exact) mass is 474 g/mol. The topological polar surface area (TPSA) is 97.2 Å². The first-order valence-corrected chi connectivity index (χ1v) is 11.4. The van der Waals surface area contributed by atoms with Crippen LogP contribution in [0.25, 0.3) is 0 Å². The molecule has 0 unspecified atom stereocenters. The molecule has 2 heterocycles. The quantitative estimate of drug-likeness (QED) is 0.482. The van der Waals surface area contributed by atoms with Crippen molar-refractivity contribution in [1.82, 2.24) is 4.90 Å². The fraction of sp³-hybridized carbons (Fsp3) is 0.435. The zero-order valence-electron chi connectivity index (χ0n) is 18.7. The van der Waals surface area contributed by atoms with Crippen molar-refractivity contribution in [3.8, 4) is 11.5 Å². The predicted molar refractivity (Wildman–Crippen MR) is 127 cm³/mol. The lowest BCUT2D eigenvalue weighted by molar-refractivity contribution is -0.384. The van der Waals surface area contributed by atoms with Gasteiger partial charge in [-0.15, -0.1) is 0 Å². The van der Waals surface area contributed by atoms with Crippen molar-refractivity contribution < 1.29 is 19.2 Å². The van der Waals surface area contributed by atoms with E-state index in [-0.39, 0.29) is 24.2 Å². The number of nitro benzene ring substituents is 1. The second kappa shape index (κ2) is 9.84. The highest BCUT2D eigenvalue weighted by Gasteiger charge is 2.26. The first-order valence-electron chi connectivity index (χ1n) is 11.0. The number of nitro groups is 1. The number of rotatable bonds is 7. The summed E-state index contributed by atoms with van der Waals surface area (Å²) in [6.45, 7) is 6.99. The molecular formula is C23H27ClN4O5. The molecule has 4 rings (SSSR count). The summed E-state index contributed by atoms with van der Waals surface area (Å²) in [5.41, 5.74) is 2.22. The summed E-state index contributed by atoms with van der Waals surface area (Å²) in [7, 11) is 0. The van der Waals surface area contributed by atoms with Gasteiger partial charge >= 0.3 is 0 Å². The highest BCUT2D eigenvalue weighted by Crippen LogP contribution is 2.38. The van der Waals surface area contributed by atoms with E-state index in [1.807, 2.05) is 35.8 Å². The Balaban J connectivity index is 1.37. The molecule has 1 saturated heterocycles. The SMILES string of the molecule is CCOc1cc2c(cc1NC(=O)CN1CCN(c3ccc(Cl)cc3[N+](=O)[O-])CC1)O[C@H](C)C2. The van der Waals surface area contributed by atoms with Gasteiger partial charge in [0.1, 0.15) is 23.3 Å². The molecule has 1 fully saturated rings. The lowest BCUT2D eigenvalue weighted by Gasteiger charge is -2.35. The van der Waals surface area contributed by atoms with Crippen molar-refractivity contribution in [1.29, 1.82) is 0 Å². The van der Waals surface area contributed by atoms with Gasteiger partial charge in [0.2, 0.25) is 5.91 Å². The molecule has 2 aliphatic rings. The maximum atomic E-state index is 12.8. The van der Waals surface area contributed by atoms with E-state index in [2.05, 4.69) is 5.32 Å². The summed E-state index contributed by atoms with van der Waals surface area (Å²) in [4.78, 5) is 27.7. The molecular weight excluding hydrogens is 448 g/mol. The van der Waals surface area contributed by atoms with Gasteiger partial charge in [0.25, 0.3) is 5.69 Å². The van der Waals surface area contributed by atoms with Crippen LogP contribution >= 0.6 is 11.6 Å². The van der Waals surface area contributed by atoms with Crippen LogP contribution in [0.1, 0.15) is 19.4 Å². The van der Waals surface area contributed by atoms with E-state index in [0.717, 1.165) is 17.7 Å². The molecule has 0 radical (unpaired) electrons. The van der Waals surface area contributed by atoms with Crippen molar-refractivity contribution in [3.63, 3.8) is 0 Å². The van der Waals surface area contributed by atoms with Crippen LogP contribution in [0.2, 0.25) is 5.02 Å². The van der Waals surface area contributed by atoms with Gasteiger partial charge in [-0.05, 0) is 32.0 Å². The number of ether oxygens (including phenoxy) is 2. The van der Waals surface area contributed by atoms with Crippen LogP contribution in [-0.4, -0.2) is 61.2 Å². The van der Waals surface area contributed by atoms with Crippen LogP contribution in [-0.2, 0) is 11.2 Å². The van der Waals surface area contributed by atoms with Crippen molar-refractivity contribution >= 4 is 34.6 Å². The highest BCUT2D eigenvalue weighted by atomic mass is 35.5. The number of anilines is 2. The second-order valence-corrected chi connectivity index (χ2v) is 8.66. The maximum absolute atomic E-state index is 12.8. The first kappa shape index (κ1) is 23.1. The van der Waals surface area contributed by atoms with Crippen LogP contribution < -0.4 is 19.7 Å². The molecule has 2 aromatic rings. The molecule has 0 aliphatic carbocycles. The van der Waals surface area contributed by atoms with Gasteiger partial charge in [-0.2, -0.15) is 0 Å². The van der Waals surface area contributed by atoms with Crippen LogP contribution in [0.3, 0.4) is 0 Å². The average molecular weight is 475 g/mol. The summed E-state index contributed by atoms with van der Waals surface area (Å²) in [6, 6.07) is 8.47. The third-order valence-corrected chi connectivity index (χ3v) is 6.02. The van der Waals surface area contributed by atoms with Gasteiger partial charge in [0.05, 0.1) is 23.8 Å². The van der Waals surface area contributed by atoms with E-state index in [9.17, 15) is 14.9 Å². The Morgan fingerprint density at radius 1 is 1.27 bits per heavy atom. The Morgan fingerprint density at radius 2 is 2.03 bits per heavy atom. The Labute approximate surface area is 197 Å². The molecule has 2 aliphatic heterocycles. The third-order valence-electron chi connectivity index (χ3n) is 5.79. The molecule has 0 aromatic heterocycles. The van der Waals surface area contributed by atoms with Gasteiger partial charge in [0.15, 0.2) is 0 Å². The average Bonchev–Trinajstić information content (AvgIpc) is 3.13. The third kappa shape index (κ3) is 5.31. The van der Waals surface area contributed by atoms with E-state index in [4.69, 9.17) is 21.1 Å². The van der Waals surface area contributed by atoms with Crippen LogP contribution in [0.4, 0.5) is 17.1 Å². The van der Waals surface area contributed by atoms with Crippen molar-refractivity contribution in [2.45, 2.75) is 26.4 Å². The van der Waals surface area contributed by atoms with Gasteiger partial charge in [-0.1, -0.05) is 11.6 Å². The summed E-state index contributed by atoms with van der Waals surface area (Å²) in [5, 5.41) is 14.7. The number of fused-ring (bicyclic) bond motifs is 1. The molecule has 1 N–H and O–H groups in total. The van der Waals surface area contributed by atoms with Gasteiger partial charge in [-0.25, -0.2) is 0 Å². The largest absolute Gasteiger partial charge is 0.492 e. The number of halogens is 1. The molecule has 1 atom stereocenters. The smallest absolute Gasteiger partial charge is 0.294 e. The normalized spacial score (nSPS) is 17.9. The second-order valence-electron chi connectivity index (χ2n) is 8.22. The predicted octanol–water partition coefficient (Wildman–Crippen LogP) is 3.73. The number of piperazine rings is 1. The minimum atomic E-state index is -0.419. The van der Waals surface area contributed by atoms with Gasteiger partial charge < -0.3 is 19.7 Å². The minimum Gasteiger partial charge on any atom is -0.492 e. The number of hydrogen-bond acceptors (Lipinski definition) is 7. The molecule has 176 valence electrons. The summed E-state index contributed by atoms with van der Waals surface area (Å²) < 4.78 is 11.6. The summed E-state index contributed by atoms with van der Waals surface area (Å²) >= 11 is 5.92. The number of nitrogens with zero attached hydrogens (tertiary/aromatic N) is 3. The Hall–Kier alpha value is -3.04. The molecule has 33 heavy (non-hydrogen) atoms. The fourth-order valence-corrected chi connectivity index (χ4v) is 4.43. The standard InChI is InChI=1S/C23H27ClN4O5/c1-3-32-22-11-16-10-15(2)33-21(16)13-18(22)25-23(29)14-26-6-8-27(9-7-26)19-5-4-17(24)12-20(19)28(30)31/h4-5,11-13,15H,3,6-10,14H2,1-2H3,(H,25,29)/t15-/m1/s1. The Bertz CT molecular complexity index is 1060. The van der Waals surface area contributed by atoms with E-state index < -0.39 is 4.92 Å². The maximum Gasteiger partial charge on any atom is 0.294 e. The molecule has 0 saturated carbocycles.